The zero-order chi connectivity index (χ0) is 16.5. The number of carbonyl (C=O) groups excluding carboxylic acids is 1. The molecule has 0 radical (unpaired) electrons. The molecule has 0 bridgehead atoms. The fourth-order valence-corrected chi connectivity index (χ4v) is 3.15. The van der Waals surface area contributed by atoms with E-state index in [4.69, 9.17) is 14.5 Å². The third-order valence-corrected chi connectivity index (χ3v) is 4.63. The van der Waals surface area contributed by atoms with Gasteiger partial charge in [0, 0.05) is 24.4 Å². The average Bonchev–Trinajstić information content (AvgIpc) is 3.44. The van der Waals surface area contributed by atoms with Crippen LogP contribution in [0.1, 0.15) is 31.4 Å². The lowest BCUT2D eigenvalue weighted by Gasteiger charge is -2.31. The molecule has 1 aromatic heterocycles. The van der Waals surface area contributed by atoms with E-state index in [-0.39, 0.29) is 18.6 Å². The monoisotopic (exact) mass is 326 g/mol. The van der Waals surface area contributed by atoms with Crippen LogP contribution < -0.4 is 4.74 Å². The van der Waals surface area contributed by atoms with Crippen LogP contribution in [0, 0.1) is 0 Å². The molecule has 1 atom stereocenters. The molecule has 126 valence electrons. The molecule has 5 heteroatoms. The number of carbonyl (C=O) groups is 1. The zero-order valence-electron chi connectivity index (χ0n) is 13.9. The summed E-state index contributed by atoms with van der Waals surface area (Å²) in [6.07, 6.45) is 2.39. The Morgan fingerprint density at radius 2 is 2.21 bits per heavy atom. The van der Waals surface area contributed by atoms with Crippen LogP contribution in [0.4, 0.5) is 0 Å². The van der Waals surface area contributed by atoms with Gasteiger partial charge in [0.25, 0.3) is 5.91 Å². The summed E-state index contributed by atoms with van der Waals surface area (Å²) in [5.74, 6) is 1.24. The lowest BCUT2D eigenvalue weighted by atomic mass is 10.1. The highest BCUT2D eigenvalue weighted by Gasteiger charge is 2.29. The zero-order valence-corrected chi connectivity index (χ0v) is 13.9. The smallest absolute Gasteiger partial charge is 0.260 e. The minimum absolute atomic E-state index is 0.0139. The van der Waals surface area contributed by atoms with Gasteiger partial charge in [0.2, 0.25) is 0 Å². The number of benzene rings is 1. The van der Waals surface area contributed by atoms with Crippen LogP contribution in [0.5, 0.6) is 5.75 Å². The van der Waals surface area contributed by atoms with E-state index < -0.39 is 0 Å². The molecule has 5 nitrogen and oxygen atoms in total. The van der Waals surface area contributed by atoms with Crippen molar-refractivity contribution >= 4 is 16.8 Å². The van der Waals surface area contributed by atoms with Crippen molar-refractivity contribution in [3.05, 3.63) is 36.0 Å². The van der Waals surface area contributed by atoms with Crippen molar-refractivity contribution in [1.29, 1.82) is 0 Å². The van der Waals surface area contributed by atoms with E-state index in [0.29, 0.717) is 25.6 Å². The normalized spacial score (nSPS) is 21.0. The van der Waals surface area contributed by atoms with Crippen molar-refractivity contribution in [2.45, 2.75) is 31.8 Å². The van der Waals surface area contributed by atoms with E-state index in [0.717, 1.165) is 35.2 Å². The topological polar surface area (TPSA) is 51.7 Å². The summed E-state index contributed by atoms with van der Waals surface area (Å²) in [5.41, 5.74) is 1.98. The van der Waals surface area contributed by atoms with Gasteiger partial charge in [-0.1, -0.05) is 18.2 Å². The average molecular weight is 326 g/mol. The Labute approximate surface area is 141 Å². The second-order valence-corrected chi connectivity index (χ2v) is 6.65. The van der Waals surface area contributed by atoms with E-state index in [1.807, 2.05) is 42.2 Å². The molecular weight excluding hydrogens is 304 g/mol. The molecule has 1 unspecified atom stereocenters. The highest BCUT2D eigenvalue weighted by Crippen LogP contribution is 2.44. The molecule has 1 amide bonds. The van der Waals surface area contributed by atoms with Gasteiger partial charge in [-0.05, 0) is 31.9 Å². The predicted molar refractivity (Wildman–Crippen MR) is 91.2 cm³/mol. The van der Waals surface area contributed by atoms with Gasteiger partial charge in [0.1, 0.15) is 5.75 Å². The molecule has 1 saturated heterocycles. The van der Waals surface area contributed by atoms with Gasteiger partial charge in [-0.3, -0.25) is 4.79 Å². The number of pyridine rings is 1. The van der Waals surface area contributed by atoms with E-state index >= 15 is 0 Å². The van der Waals surface area contributed by atoms with Gasteiger partial charge in [-0.15, -0.1) is 0 Å². The summed E-state index contributed by atoms with van der Waals surface area (Å²) in [7, 11) is 0. The quantitative estimate of drug-likeness (QED) is 0.867. The van der Waals surface area contributed by atoms with Crippen molar-refractivity contribution in [1.82, 2.24) is 9.88 Å². The Hall–Kier alpha value is -2.14. The molecule has 0 N–H and O–H groups in total. The Morgan fingerprint density at radius 1 is 1.38 bits per heavy atom. The number of nitrogens with zero attached hydrogens (tertiary/aromatic N) is 2. The number of fused-ring (bicyclic) bond motifs is 1. The molecule has 2 fully saturated rings. The van der Waals surface area contributed by atoms with Crippen LogP contribution in [-0.2, 0) is 9.53 Å². The number of amides is 1. The third kappa shape index (κ3) is 3.22. The minimum atomic E-state index is 0.0139. The van der Waals surface area contributed by atoms with Crippen LogP contribution in [0.2, 0.25) is 0 Å². The van der Waals surface area contributed by atoms with Gasteiger partial charge < -0.3 is 14.4 Å². The lowest BCUT2D eigenvalue weighted by Crippen LogP contribution is -2.46. The molecule has 1 aliphatic carbocycles. The van der Waals surface area contributed by atoms with Crippen LogP contribution in [0.25, 0.3) is 10.9 Å². The fraction of sp³-hybridized carbons (Fsp3) is 0.474. The first-order chi connectivity index (χ1) is 11.7. The highest BCUT2D eigenvalue weighted by atomic mass is 16.5. The van der Waals surface area contributed by atoms with E-state index in [1.165, 1.54) is 0 Å². The van der Waals surface area contributed by atoms with E-state index in [2.05, 4.69) is 0 Å². The molecule has 24 heavy (non-hydrogen) atoms. The van der Waals surface area contributed by atoms with Crippen LogP contribution in [-0.4, -0.2) is 48.2 Å². The number of para-hydroxylation sites is 1. The summed E-state index contributed by atoms with van der Waals surface area (Å²) >= 11 is 0. The molecule has 2 aliphatic rings. The summed E-state index contributed by atoms with van der Waals surface area (Å²) in [4.78, 5) is 19.0. The molecule has 1 aliphatic heterocycles. The van der Waals surface area contributed by atoms with E-state index in [9.17, 15) is 4.79 Å². The second kappa shape index (κ2) is 6.40. The number of aromatic nitrogens is 1. The Balaban J connectivity index is 1.51. The molecule has 1 aromatic carbocycles. The van der Waals surface area contributed by atoms with Crippen molar-refractivity contribution in [3.63, 3.8) is 0 Å². The summed E-state index contributed by atoms with van der Waals surface area (Å²) in [6, 6.07) is 10.0. The first-order valence-corrected chi connectivity index (χ1v) is 8.62. The maximum atomic E-state index is 12.4. The minimum Gasteiger partial charge on any atom is -0.482 e. The van der Waals surface area contributed by atoms with Gasteiger partial charge in [-0.25, -0.2) is 4.98 Å². The third-order valence-electron chi connectivity index (χ3n) is 4.63. The van der Waals surface area contributed by atoms with Gasteiger partial charge in [0.15, 0.2) is 6.61 Å². The first kappa shape index (κ1) is 15.4. The largest absolute Gasteiger partial charge is 0.482 e. The van der Waals surface area contributed by atoms with Crippen molar-refractivity contribution in [3.8, 4) is 5.75 Å². The van der Waals surface area contributed by atoms with Gasteiger partial charge >= 0.3 is 0 Å². The van der Waals surface area contributed by atoms with Gasteiger partial charge in [0.05, 0.1) is 23.9 Å². The first-order valence-electron chi connectivity index (χ1n) is 8.62. The molecule has 2 heterocycles. The van der Waals surface area contributed by atoms with Gasteiger partial charge in [-0.2, -0.15) is 0 Å². The number of hydrogen-bond acceptors (Lipinski definition) is 4. The molecule has 0 spiro atoms. The molecule has 4 rings (SSSR count). The Kier molecular flexibility index (Phi) is 4.10. The Bertz CT molecular complexity index is 757. The second-order valence-electron chi connectivity index (χ2n) is 6.65. The molecule has 1 saturated carbocycles. The molecular formula is C19H22N2O3. The number of rotatable bonds is 4. The number of ether oxygens (including phenoxy) is 2. The number of morpholine rings is 1. The maximum absolute atomic E-state index is 12.4. The summed E-state index contributed by atoms with van der Waals surface area (Å²) in [5, 5.41) is 1.05. The Morgan fingerprint density at radius 3 is 3.00 bits per heavy atom. The van der Waals surface area contributed by atoms with Crippen molar-refractivity contribution in [2.75, 3.05) is 26.3 Å². The summed E-state index contributed by atoms with van der Waals surface area (Å²) in [6.45, 7) is 3.91. The highest BCUT2D eigenvalue weighted by molar-refractivity contribution is 5.81. The number of hydrogen-bond donors (Lipinski definition) is 0. The van der Waals surface area contributed by atoms with E-state index in [1.54, 1.807) is 0 Å². The van der Waals surface area contributed by atoms with Crippen molar-refractivity contribution in [2.24, 2.45) is 0 Å². The van der Waals surface area contributed by atoms with Crippen LogP contribution in [0.3, 0.4) is 0 Å². The fourth-order valence-electron chi connectivity index (χ4n) is 3.15. The predicted octanol–water partition coefficient (Wildman–Crippen LogP) is 2.74. The molecule has 2 aromatic rings. The maximum Gasteiger partial charge on any atom is 0.260 e. The van der Waals surface area contributed by atoms with Crippen LogP contribution in [0.15, 0.2) is 30.3 Å². The van der Waals surface area contributed by atoms with Crippen molar-refractivity contribution < 1.29 is 14.3 Å². The summed E-state index contributed by atoms with van der Waals surface area (Å²) < 4.78 is 11.4. The SMILES string of the molecule is CC1CN(C(=O)COc2cc3ccccc3nc2C2CC2)CCO1. The lowest BCUT2D eigenvalue weighted by molar-refractivity contribution is -0.140. The van der Waals surface area contributed by atoms with Crippen LogP contribution >= 0.6 is 0 Å². The standard InChI is InChI=1S/C19H22N2O3/c1-13-11-21(8-9-23-13)18(22)12-24-17-10-15-4-2-3-5-16(15)20-19(17)14-6-7-14/h2-5,10,13-14H,6-9,11-12H2,1H3.